The molecule has 2 rings (SSSR count). The Hall–Kier alpha value is -2.53. The summed E-state index contributed by atoms with van der Waals surface area (Å²) < 4.78 is 0. The van der Waals surface area contributed by atoms with Crippen molar-refractivity contribution in [1.29, 1.82) is 0 Å². The summed E-state index contributed by atoms with van der Waals surface area (Å²) in [7, 11) is 0. The fraction of sp³-hybridized carbons (Fsp3) is 0.176. The molecule has 120 valence electrons. The fourth-order valence-corrected chi connectivity index (χ4v) is 2.16. The quantitative estimate of drug-likeness (QED) is 0.753. The molecule has 2 aromatic rings. The van der Waals surface area contributed by atoms with Gasteiger partial charge < -0.3 is 15.7 Å². The third kappa shape index (κ3) is 4.72. The standard InChI is InChI=1S/C17H17ClN2O3/c1-11-14(18)3-2-4-15(11)20-17(23)16(22)19-10-9-12-5-7-13(21)8-6-12/h2-8,21H,9-10H2,1H3,(H,19,22)(H,20,23). The van der Waals surface area contributed by atoms with Crippen LogP contribution < -0.4 is 10.6 Å². The lowest BCUT2D eigenvalue weighted by Crippen LogP contribution is -2.36. The van der Waals surface area contributed by atoms with Gasteiger partial charge in [0.2, 0.25) is 0 Å². The number of carbonyl (C=O) groups excluding carboxylic acids is 2. The minimum absolute atomic E-state index is 0.189. The van der Waals surface area contributed by atoms with Gasteiger partial charge in [-0.05, 0) is 48.7 Å². The van der Waals surface area contributed by atoms with Crippen LogP contribution in [0, 0.1) is 6.92 Å². The predicted octanol–water partition coefficient (Wildman–Crippen LogP) is 2.65. The third-order valence-electron chi connectivity index (χ3n) is 3.36. The number of hydrogen-bond donors (Lipinski definition) is 3. The summed E-state index contributed by atoms with van der Waals surface area (Å²) in [5, 5.41) is 14.8. The van der Waals surface area contributed by atoms with Crippen LogP contribution in [0.25, 0.3) is 0 Å². The molecular formula is C17H17ClN2O3. The summed E-state index contributed by atoms with van der Waals surface area (Å²) >= 11 is 5.97. The smallest absolute Gasteiger partial charge is 0.313 e. The van der Waals surface area contributed by atoms with Gasteiger partial charge in [-0.15, -0.1) is 0 Å². The number of halogens is 1. The van der Waals surface area contributed by atoms with Gasteiger partial charge in [0.15, 0.2) is 0 Å². The first-order chi connectivity index (χ1) is 11.0. The molecule has 6 heteroatoms. The highest BCUT2D eigenvalue weighted by atomic mass is 35.5. The number of rotatable bonds is 4. The molecule has 0 spiro atoms. The number of benzene rings is 2. The normalized spacial score (nSPS) is 10.2. The van der Waals surface area contributed by atoms with E-state index in [2.05, 4.69) is 10.6 Å². The second-order valence-corrected chi connectivity index (χ2v) is 5.45. The lowest BCUT2D eigenvalue weighted by Gasteiger charge is -2.09. The van der Waals surface area contributed by atoms with E-state index in [1.54, 1.807) is 49.4 Å². The van der Waals surface area contributed by atoms with E-state index < -0.39 is 11.8 Å². The second kappa shape index (κ2) is 7.65. The third-order valence-corrected chi connectivity index (χ3v) is 3.77. The molecule has 5 nitrogen and oxygen atoms in total. The van der Waals surface area contributed by atoms with Crippen LogP contribution in [0.1, 0.15) is 11.1 Å². The maximum absolute atomic E-state index is 11.9. The van der Waals surface area contributed by atoms with E-state index in [1.807, 2.05) is 0 Å². The molecule has 3 N–H and O–H groups in total. The Morgan fingerprint density at radius 1 is 1.09 bits per heavy atom. The summed E-state index contributed by atoms with van der Waals surface area (Å²) in [4.78, 5) is 23.7. The highest BCUT2D eigenvalue weighted by Gasteiger charge is 2.14. The van der Waals surface area contributed by atoms with Crippen molar-refractivity contribution < 1.29 is 14.7 Å². The molecule has 0 aliphatic carbocycles. The number of aromatic hydroxyl groups is 1. The van der Waals surface area contributed by atoms with Gasteiger partial charge in [0.05, 0.1) is 0 Å². The highest BCUT2D eigenvalue weighted by molar-refractivity contribution is 6.40. The number of hydrogen-bond acceptors (Lipinski definition) is 3. The van der Waals surface area contributed by atoms with Crippen LogP contribution >= 0.6 is 11.6 Å². The molecular weight excluding hydrogens is 316 g/mol. The molecule has 0 bridgehead atoms. The van der Waals surface area contributed by atoms with Crippen molar-refractivity contribution in [3.63, 3.8) is 0 Å². The van der Waals surface area contributed by atoms with Crippen LogP contribution in [-0.2, 0) is 16.0 Å². The first-order valence-electron chi connectivity index (χ1n) is 7.09. The minimum Gasteiger partial charge on any atom is -0.508 e. The van der Waals surface area contributed by atoms with Gasteiger partial charge in [-0.25, -0.2) is 0 Å². The Labute approximate surface area is 139 Å². The van der Waals surface area contributed by atoms with Crippen LogP contribution in [0.2, 0.25) is 5.02 Å². The zero-order valence-corrected chi connectivity index (χ0v) is 13.4. The van der Waals surface area contributed by atoms with E-state index in [0.29, 0.717) is 29.2 Å². The topological polar surface area (TPSA) is 78.4 Å². The van der Waals surface area contributed by atoms with Gasteiger partial charge in [0.25, 0.3) is 0 Å². The molecule has 0 unspecified atom stereocenters. The van der Waals surface area contributed by atoms with Crippen LogP contribution in [-0.4, -0.2) is 23.5 Å². The van der Waals surface area contributed by atoms with E-state index in [0.717, 1.165) is 5.56 Å². The number of phenols is 1. The zero-order chi connectivity index (χ0) is 16.8. The molecule has 0 radical (unpaired) electrons. The Morgan fingerprint density at radius 2 is 1.78 bits per heavy atom. The molecule has 0 aliphatic rings. The van der Waals surface area contributed by atoms with Crippen LogP contribution in [0.15, 0.2) is 42.5 Å². The van der Waals surface area contributed by atoms with E-state index in [1.165, 1.54) is 0 Å². The maximum Gasteiger partial charge on any atom is 0.313 e. The first-order valence-corrected chi connectivity index (χ1v) is 7.47. The van der Waals surface area contributed by atoms with Crippen molar-refractivity contribution in [2.45, 2.75) is 13.3 Å². The molecule has 0 fully saturated rings. The minimum atomic E-state index is -0.735. The highest BCUT2D eigenvalue weighted by Crippen LogP contribution is 2.22. The lowest BCUT2D eigenvalue weighted by atomic mass is 10.1. The Kier molecular flexibility index (Phi) is 5.60. The Bertz CT molecular complexity index is 714. The van der Waals surface area contributed by atoms with E-state index in [-0.39, 0.29) is 5.75 Å². The number of anilines is 1. The van der Waals surface area contributed by atoms with Crippen molar-refractivity contribution in [3.05, 3.63) is 58.6 Å². The fourth-order valence-electron chi connectivity index (χ4n) is 1.99. The van der Waals surface area contributed by atoms with Crippen molar-refractivity contribution in [2.75, 3.05) is 11.9 Å². The van der Waals surface area contributed by atoms with Crippen molar-refractivity contribution in [3.8, 4) is 5.75 Å². The number of phenolic OH excluding ortho intramolecular Hbond substituents is 1. The molecule has 2 amide bonds. The Morgan fingerprint density at radius 3 is 2.48 bits per heavy atom. The molecule has 0 saturated carbocycles. The predicted molar refractivity (Wildman–Crippen MR) is 89.6 cm³/mol. The summed E-state index contributed by atoms with van der Waals surface area (Å²) in [5.74, 6) is -1.25. The summed E-state index contributed by atoms with van der Waals surface area (Å²) in [6.45, 7) is 2.09. The van der Waals surface area contributed by atoms with Gasteiger partial charge in [0, 0.05) is 17.3 Å². The molecule has 0 atom stereocenters. The summed E-state index contributed by atoms with van der Waals surface area (Å²) in [6.07, 6.45) is 0.565. The molecule has 0 aliphatic heterocycles. The average Bonchev–Trinajstić information content (AvgIpc) is 2.53. The number of nitrogens with one attached hydrogen (secondary N) is 2. The number of carbonyl (C=O) groups is 2. The van der Waals surface area contributed by atoms with Crippen LogP contribution in [0.5, 0.6) is 5.75 Å². The van der Waals surface area contributed by atoms with E-state index in [9.17, 15) is 14.7 Å². The Balaban J connectivity index is 1.84. The van der Waals surface area contributed by atoms with E-state index in [4.69, 9.17) is 11.6 Å². The summed E-state index contributed by atoms with van der Waals surface area (Å²) in [6, 6.07) is 11.8. The monoisotopic (exact) mass is 332 g/mol. The van der Waals surface area contributed by atoms with Crippen LogP contribution in [0.3, 0.4) is 0 Å². The van der Waals surface area contributed by atoms with Gasteiger partial charge in [-0.2, -0.15) is 0 Å². The average molecular weight is 333 g/mol. The number of amides is 2. The van der Waals surface area contributed by atoms with Crippen molar-refractivity contribution in [2.24, 2.45) is 0 Å². The van der Waals surface area contributed by atoms with E-state index >= 15 is 0 Å². The van der Waals surface area contributed by atoms with Crippen molar-refractivity contribution in [1.82, 2.24) is 5.32 Å². The second-order valence-electron chi connectivity index (χ2n) is 5.04. The largest absolute Gasteiger partial charge is 0.508 e. The van der Waals surface area contributed by atoms with Gasteiger partial charge in [-0.3, -0.25) is 9.59 Å². The zero-order valence-electron chi connectivity index (χ0n) is 12.6. The SMILES string of the molecule is Cc1c(Cl)cccc1NC(=O)C(=O)NCCc1ccc(O)cc1. The molecule has 2 aromatic carbocycles. The van der Waals surface area contributed by atoms with Gasteiger partial charge in [-0.1, -0.05) is 29.8 Å². The first kappa shape index (κ1) is 16.8. The molecule has 0 saturated heterocycles. The van der Waals surface area contributed by atoms with Gasteiger partial charge in [0.1, 0.15) is 5.75 Å². The van der Waals surface area contributed by atoms with Crippen LogP contribution in [0.4, 0.5) is 5.69 Å². The molecule has 23 heavy (non-hydrogen) atoms. The summed E-state index contributed by atoms with van der Waals surface area (Å²) in [5.41, 5.74) is 2.17. The lowest BCUT2D eigenvalue weighted by molar-refractivity contribution is -0.136. The van der Waals surface area contributed by atoms with Crippen molar-refractivity contribution >= 4 is 29.1 Å². The molecule has 0 aromatic heterocycles. The molecule has 0 heterocycles. The maximum atomic E-state index is 11.9. The van der Waals surface area contributed by atoms with Gasteiger partial charge >= 0.3 is 11.8 Å².